The minimum absolute atomic E-state index is 0.174. The summed E-state index contributed by atoms with van der Waals surface area (Å²) in [7, 11) is 0. The molecule has 2 aromatic heterocycles. The fraction of sp³-hybridized carbons (Fsp3) is 0.318. The highest BCUT2D eigenvalue weighted by Gasteiger charge is 2.18. The number of nitrogens with zero attached hydrogens (tertiary/aromatic N) is 4. The van der Waals surface area contributed by atoms with Crippen molar-refractivity contribution in [2.45, 2.75) is 26.5 Å². The molecule has 1 unspecified atom stereocenters. The summed E-state index contributed by atoms with van der Waals surface area (Å²) in [5, 5.41) is 7.91. The van der Waals surface area contributed by atoms with E-state index in [0.717, 1.165) is 35.9 Å². The number of amides is 1. The monoisotopic (exact) mass is 425 g/mol. The normalized spacial score (nSPS) is 16.5. The molecular formula is C22H24ClN5O2. The molecule has 1 saturated heterocycles. The summed E-state index contributed by atoms with van der Waals surface area (Å²) < 4.78 is 7.28. The molecule has 8 heteroatoms. The lowest BCUT2D eigenvalue weighted by Gasteiger charge is -2.32. The van der Waals surface area contributed by atoms with Crippen LogP contribution in [0.2, 0.25) is 5.02 Å². The summed E-state index contributed by atoms with van der Waals surface area (Å²) in [6.45, 7) is 6.70. The highest BCUT2D eigenvalue weighted by Crippen LogP contribution is 2.18. The van der Waals surface area contributed by atoms with Crippen LogP contribution in [0.25, 0.3) is 5.69 Å². The van der Waals surface area contributed by atoms with Crippen molar-refractivity contribution < 1.29 is 9.53 Å². The second-order valence-corrected chi connectivity index (χ2v) is 7.81. The Morgan fingerprint density at radius 2 is 2.17 bits per heavy atom. The minimum Gasteiger partial charge on any atom is -0.375 e. The number of anilines is 1. The lowest BCUT2D eigenvalue weighted by molar-refractivity contribution is 0.0529. The molecule has 0 saturated carbocycles. The van der Waals surface area contributed by atoms with Crippen molar-refractivity contribution >= 4 is 23.3 Å². The van der Waals surface area contributed by atoms with Crippen LogP contribution in [-0.4, -0.2) is 46.5 Å². The van der Waals surface area contributed by atoms with Gasteiger partial charge in [0.2, 0.25) is 0 Å². The Kier molecular flexibility index (Phi) is 6.01. The van der Waals surface area contributed by atoms with Crippen molar-refractivity contribution in [3.63, 3.8) is 0 Å². The van der Waals surface area contributed by atoms with Crippen molar-refractivity contribution in [1.29, 1.82) is 0 Å². The second-order valence-electron chi connectivity index (χ2n) is 7.37. The van der Waals surface area contributed by atoms with Crippen LogP contribution in [0.15, 0.2) is 48.8 Å². The number of halogens is 1. The number of carbonyl (C=O) groups is 1. The number of hydrogen-bond donors (Lipinski definition) is 1. The quantitative estimate of drug-likeness (QED) is 0.678. The number of hydrogen-bond acceptors (Lipinski definition) is 5. The summed E-state index contributed by atoms with van der Waals surface area (Å²) in [5.74, 6) is 0.755. The predicted molar refractivity (Wildman–Crippen MR) is 116 cm³/mol. The SMILES string of the molecule is Cc1c(C(=O)NCc2ccc(N3CCOC(C)C3)nc2)cnn1-c1cccc(Cl)c1. The molecule has 1 fully saturated rings. The van der Waals surface area contributed by atoms with Crippen LogP contribution in [-0.2, 0) is 11.3 Å². The number of rotatable bonds is 5. The summed E-state index contributed by atoms with van der Waals surface area (Å²) in [4.78, 5) is 19.4. The topological polar surface area (TPSA) is 72.3 Å². The van der Waals surface area contributed by atoms with E-state index >= 15 is 0 Å². The number of carbonyl (C=O) groups excluding carboxylic acids is 1. The molecule has 1 aromatic carbocycles. The van der Waals surface area contributed by atoms with E-state index in [2.05, 4.69) is 27.2 Å². The molecule has 3 aromatic rings. The molecule has 4 rings (SSSR count). The molecule has 0 aliphatic carbocycles. The Balaban J connectivity index is 1.39. The van der Waals surface area contributed by atoms with Gasteiger partial charge in [0.05, 0.1) is 35.9 Å². The maximum absolute atomic E-state index is 12.7. The zero-order chi connectivity index (χ0) is 21.1. The lowest BCUT2D eigenvalue weighted by atomic mass is 10.2. The standard InChI is InChI=1S/C22H24ClN5O2/c1-15-14-27(8-9-30-15)21-7-6-17(11-24-21)12-25-22(29)20-13-26-28(16(20)2)19-5-3-4-18(23)10-19/h3-7,10-11,13,15H,8-9,12,14H2,1-2H3,(H,25,29). The second kappa shape index (κ2) is 8.85. The molecule has 3 heterocycles. The number of nitrogens with one attached hydrogen (secondary N) is 1. The molecular weight excluding hydrogens is 402 g/mol. The molecule has 1 N–H and O–H groups in total. The first kappa shape index (κ1) is 20.4. The fourth-order valence-corrected chi connectivity index (χ4v) is 3.70. The van der Waals surface area contributed by atoms with Crippen LogP contribution in [0.3, 0.4) is 0 Å². The van der Waals surface area contributed by atoms with Gasteiger partial charge in [0.25, 0.3) is 5.91 Å². The molecule has 0 radical (unpaired) electrons. The zero-order valence-corrected chi connectivity index (χ0v) is 17.8. The van der Waals surface area contributed by atoms with Gasteiger partial charge in [0.1, 0.15) is 5.82 Å². The van der Waals surface area contributed by atoms with Crippen molar-refractivity contribution in [3.05, 3.63) is 70.6 Å². The summed E-state index contributed by atoms with van der Waals surface area (Å²) in [6, 6.07) is 11.3. The van der Waals surface area contributed by atoms with Gasteiger partial charge in [-0.15, -0.1) is 0 Å². The average Bonchev–Trinajstić information content (AvgIpc) is 3.14. The molecule has 1 amide bonds. The first-order valence-corrected chi connectivity index (χ1v) is 10.3. The molecule has 1 aliphatic heterocycles. The summed E-state index contributed by atoms with van der Waals surface area (Å²) in [6.07, 6.45) is 3.58. The average molecular weight is 426 g/mol. The van der Waals surface area contributed by atoms with Gasteiger partial charge >= 0.3 is 0 Å². The fourth-order valence-electron chi connectivity index (χ4n) is 3.51. The van der Waals surface area contributed by atoms with E-state index in [0.29, 0.717) is 23.7 Å². The lowest BCUT2D eigenvalue weighted by Crippen LogP contribution is -2.41. The molecule has 0 spiro atoms. The molecule has 30 heavy (non-hydrogen) atoms. The number of benzene rings is 1. The van der Waals surface area contributed by atoms with Crippen LogP contribution >= 0.6 is 11.6 Å². The third kappa shape index (κ3) is 4.47. The Morgan fingerprint density at radius 3 is 2.90 bits per heavy atom. The van der Waals surface area contributed by atoms with Gasteiger partial charge in [0, 0.05) is 30.9 Å². The van der Waals surface area contributed by atoms with Crippen molar-refractivity contribution in [3.8, 4) is 5.69 Å². The third-order valence-electron chi connectivity index (χ3n) is 5.13. The van der Waals surface area contributed by atoms with E-state index in [1.54, 1.807) is 23.1 Å². The number of pyridine rings is 1. The largest absolute Gasteiger partial charge is 0.375 e. The maximum atomic E-state index is 12.7. The van der Waals surface area contributed by atoms with Gasteiger partial charge in [-0.25, -0.2) is 9.67 Å². The summed E-state index contributed by atoms with van der Waals surface area (Å²) >= 11 is 6.07. The minimum atomic E-state index is -0.174. The first-order valence-electron chi connectivity index (χ1n) is 9.91. The van der Waals surface area contributed by atoms with E-state index in [1.165, 1.54) is 0 Å². The molecule has 1 atom stereocenters. The molecule has 1 aliphatic rings. The van der Waals surface area contributed by atoms with E-state index in [9.17, 15) is 4.79 Å². The number of aromatic nitrogens is 3. The van der Waals surface area contributed by atoms with Gasteiger partial charge in [-0.1, -0.05) is 23.7 Å². The van der Waals surface area contributed by atoms with Crippen LogP contribution in [0.1, 0.15) is 28.5 Å². The van der Waals surface area contributed by atoms with E-state index in [4.69, 9.17) is 16.3 Å². The van der Waals surface area contributed by atoms with Crippen LogP contribution in [0.4, 0.5) is 5.82 Å². The Morgan fingerprint density at radius 1 is 1.30 bits per heavy atom. The third-order valence-corrected chi connectivity index (χ3v) is 5.37. The Labute approximate surface area is 180 Å². The predicted octanol–water partition coefficient (Wildman–Crippen LogP) is 3.38. The van der Waals surface area contributed by atoms with Crippen LogP contribution in [0.5, 0.6) is 0 Å². The Bertz CT molecular complexity index is 1030. The van der Waals surface area contributed by atoms with E-state index in [-0.39, 0.29) is 12.0 Å². The molecule has 0 bridgehead atoms. The van der Waals surface area contributed by atoms with Crippen molar-refractivity contribution in [2.75, 3.05) is 24.6 Å². The van der Waals surface area contributed by atoms with Crippen molar-refractivity contribution in [1.82, 2.24) is 20.1 Å². The Hall–Kier alpha value is -2.90. The molecule has 7 nitrogen and oxygen atoms in total. The maximum Gasteiger partial charge on any atom is 0.255 e. The highest BCUT2D eigenvalue weighted by molar-refractivity contribution is 6.30. The van der Waals surface area contributed by atoms with Gasteiger partial charge < -0.3 is 15.0 Å². The summed E-state index contributed by atoms with van der Waals surface area (Å²) in [5.41, 5.74) is 3.04. The smallest absolute Gasteiger partial charge is 0.255 e. The number of ether oxygens (including phenoxy) is 1. The van der Waals surface area contributed by atoms with Gasteiger partial charge in [-0.2, -0.15) is 5.10 Å². The first-order chi connectivity index (χ1) is 14.5. The van der Waals surface area contributed by atoms with Crippen LogP contribution < -0.4 is 10.2 Å². The highest BCUT2D eigenvalue weighted by atomic mass is 35.5. The van der Waals surface area contributed by atoms with Gasteiger partial charge in [0.15, 0.2) is 0 Å². The van der Waals surface area contributed by atoms with Gasteiger partial charge in [-0.05, 0) is 43.7 Å². The van der Waals surface area contributed by atoms with Crippen molar-refractivity contribution in [2.24, 2.45) is 0 Å². The van der Waals surface area contributed by atoms with Gasteiger partial charge in [-0.3, -0.25) is 4.79 Å². The van der Waals surface area contributed by atoms with Crippen LogP contribution in [0, 0.1) is 6.92 Å². The zero-order valence-electron chi connectivity index (χ0n) is 17.0. The van der Waals surface area contributed by atoms with E-state index in [1.807, 2.05) is 37.3 Å². The molecule has 156 valence electrons. The van der Waals surface area contributed by atoms with E-state index < -0.39 is 0 Å². The number of morpholine rings is 1.